The molecule has 0 radical (unpaired) electrons. The van der Waals surface area contributed by atoms with Gasteiger partial charge in [-0.15, -0.1) is 0 Å². The van der Waals surface area contributed by atoms with Crippen LogP contribution in [0.2, 0.25) is 0 Å². The van der Waals surface area contributed by atoms with Gasteiger partial charge in [0, 0.05) is 33.3 Å². The van der Waals surface area contributed by atoms with E-state index < -0.39 is 5.97 Å². The Morgan fingerprint density at radius 2 is 2.26 bits per heavy atom. The van der Waals surface area contributed by atoms with E-state index in [2.05, 4.69) is 15.2 Å². The van der Waals surface area contributed by atoms with Crippen molar-refractivity contribution in [2.24, 2.45) is 0 Å². The molecule has 0 spiro atoms. The van der Waals surface area contributed by atoms with Gasteiger partial charge in [-0.25, -0.2) is 9.78 Å². The van der Waals surface area contributed by atoms with Gasteiger partial charge in [-0.3, -0.25) is 0 Å². The van der Waals surface area contributed by atoms with E-state index in [1.54, 1.807) is 13.2 Å². The number of ether oxygens (including phenoxy) is 1. The van der Waals surface area contributed by atoms with Gasteiger partial charge in [0.25, 0.3) is 0 Å². The summed E-state index contributed by atoms with van der Waals surface area (Å²) < 4.78 is 5.00. The van der Waals surface area contributed by atoms with E-state index >= 15 is 0 Å². The Morgan fingerprint density at radius 3 is 2.95 bits per heavy atom. The number of carboxylic acid groups (broad SMARTS) is 1. The Kier molecular flexibility index (Phi) is 7.02. The molecule has 0 amide bonds. The zero-order valence-electron chi connectivity index (χ0n) is 11.4. The van der Waals surface area contributed by atoms with E-state index in [1.165, 1.54) is 6.07 Å². The van der Waals surface area contributed by atoms with Crippen LogP contribution < -0.4 is 5.32 Å². The third kappa shape index (κ3) is 6.28. The second-order valence-electron chi connectivity index (χ2n) is 4.29. The zero-order valence-corrected chi connectivity index (χ0v) is 11.4. The first kappa shape index (κ1) is 15.6. The van der Waals surface area contributed by atoms with E-state index in [9.17, 15) is 4.79 Å². The Bertz CT molecular complexity index is 398. The number of carboxylic acids is 1. The topological polar surface area (TPSA) is 74.7 Å². The fourth-order valence-corrected chi connectivity index (χ4v) is 1.54. The number of aromatic nitrogens is 1. The number of hydrogen-bond acceptors (Lipinski definition) is 5. The first-order chi connectivity index (χ1) is 9.13. The van der Waals surface area contributed by atoms with Crippen LogP contribution in [-0.2, 0) is 11.3 Å². The largest absolute Gasteiger partial charge is 0.477 e. The summed E-state index contributed by atoms with van der Waals surface area (Å²) in [5.74, 6) is -0.999. The molecule has 106 valence electrons. The van der Waals surface area contributed by atoms with E-state index in [4.69, 9.17) is 9.84 Å². The van der Waals surface area contributed by atoms with Crippen molar-refractivity contribution in [3.05, 3.63) is 29.6 Å². The molecule has 2 N–H and O–H groups in total. The van der Waals surface area contributed by atoms with Crippen LogP contribution >= 0.6 is 0 Å². The molecule has 0 aromatic carbocycles. The Morgan fingerprint density at radius 1 is 1.47 bits per heavy atom. The number of likely N-dealkylation sites (N-methyl/N-ethyl adjacent to an activating group) is 1. The SMILES string of the molecule is COCCN(C)CCNCc1cccc(C(=O)O)n1. The number of hydrogen-bond donors (Lipinski definition) is 2. The van der Waals surface area contributed by atoms with E-state index in [-0.39, 0.29) is 5.69 Å². The zero-order chi connectivity index (χ0) is 14.1. The molecule has 0 unspecified atom stereocenters. The van der Waals surface area contributed by atoms with Crippen molar-refractivity contribution in [2.75, 3.05) is 40.4 Å². The van der Waals surface area contributed by atoms with Gasteiger partial charge in [0.05, 0.1) is 12.3 Å². The minimum Gasteiger partial charge on any atom is -0.477 e. The minimum atomic E-state index is -0.999. The van der Waals surface area contributed by atoms with Crippen molar-refractivity contribution < 1.29 is 14.6 Å². The second kappa shape index (κ2) is 8.58. The van der Waals surface area contributed by atoms with Gasteiger partial charge >= 0.3 is 5.97 Å². The maximum absolute atomic E-state index is 10.8. The van der Waals surface area contributed by atoms with Crippen LogP contribution in [0, 0.1) is 0 Å². The Hall–Kier alpha value is -1.50. The third-order valence-electron chi connectivity index (χ3n) is 2.68. The summed E-state index contributed by atoms with van der Waals surface area (Å²) >= 11 is 0. The number of rotatable bonds is 9. The smallest absolute Gasteiger partial charge is 0.354 e. The molecule has 0 aliphatic rings. The molecule has 0 saturated carbocycles. The lowest BCUT2D eigenvalue weighted by Gasteiger charge is -2.16. The van der Waals surface area contributed by atoms with Crippen LogP contribution in [0.15, 0.2) is 18.2 Å². The molecule has 6 heteroatoms. The van der Waals surface area contributed by atoms with Crippen LogP contribution in [0.5, 0.6) is 0 Å². The number of nitrogens with zero attached hydrogens (tertiary/aromatic N) is 2. The van der Waals surface area contributed by atoms with E-state index in [0.29, 0.717) is 6.54 Å². The molecule has 0 atom stereocenters. The van der Waals surface area contributed by atoms with Crippen molar-refractivity contribution >= 4 is 5.97 Å². The molecule has 1 rings (SSSR count). The average molecular weight is 267 g/mol. The number of pyridine rings is 1. The lowest BCUT2D eigenvalue weighted by Crippen LogP contribution is -2.31. The van der Waals surface area contributed by atoms with Gasteiger partial charge in [0.1, 0.15) is 5.69 Å². The molecular formula is C13H21N3O3. The lowest BCUT2D eigenvalue weighted by atomic mass is 10.3. The number of aromatic carboxylic acids is 1. The Labute approximate surface area is 113 Å². The van der Waals surface area contributed by atoms with Crippen LogP contribution in [0.1, 0.15) is 16.2 Å². The van der Waals surface area contributed by atoms with Gasteiger partial charge in [-0.05, 0) is 19.2 Å². The standard InChI is InChI=1S/C13H21N3O3/c1-16(8-9-19-2)7-6-14-10-11-4-3-5-12(15-11)13(17)18/h3-5,14H,6-10H2,1-2H3,(H,17,18). The number of nitrogens with one attached hydrogen (secondary N) is 1. The molecule has 0 saturated heterocycles. The minimum absolute atomic E-state index is 0.0801. The fourth-order valence-electron chi connectivity index (χ4n) is 1.54. The average Bonchev–Trinajstić information content (AvgIpc) is 2.41. The maximum Gasteiger partial charge on any atom is 0.354 e. The van der Waals surface area contributed by atoms with Crippen LogP contribution in [-0.4, -0.2) is 61.4 Å². The van der Waals surface area contributed by atoms with Crippen LogP contribution in [0.25, 0.3) is 0 Å². The molecule has 19 heavy (non-hydrogen) atoms. The van der Waals surface area contributed by atoms with Crippen molar-refractivity contribution in [2.45, 2.75) is 6.54 Å². The summed E-state index contributed by atoms with van der Waals surface area (Å²) in [6.45, 7) is 3.91. The van der Waals surface area contributed by atoms with Gasteiger partial charge < -0.3 is 20.1 Å². The molecule has 0 aliphatic carbocycles. The molecule has 1 aromatic heterocycles. The summed E-state index contributed by atoms with van der Waals surface area (Å²) in [4.78, 5) is 17.0. The highest BCUT2D eigenvalue weighted by atomic mass is 16.5. The fraction of sp³-hybridized carbons (Fsp3) is 0.538. The van der Waals surface area contributed by atoms with Gasteiger partial charge in [0.15, 0.2) is 0 Å². The van der Waals surface area contributed by atoms with Crippen molar-refractivity contribution in [1.82, 2.24) is 15.2 Å². The highest BCUT2D eigenvalue weighted by Gasteiger charge is 2.04. The first-order valence-corrected chi connectivity index (χ1v) is 6.21. The van der Waals surface area contributed by atoms with Crippen molar-refractivity contribution in [3.8, 4) is 0 Å². The lowest BCUT2D eigenvalue weighted by molar-refractivity contribution is 0.0690. The number of carbonyl (C=O) groups is 1. The highest BCUT2D eigenvalue weighted by molar-refractivity contribution is 5.85. The summed E-state index contributed by atoms with van der Waals surface area (Å²) in [5.41, 5.74) is 0.816. The van der Waals surface area contributed by atoms with Gasteiger partial charge in [-0.2, -0.15) is 0 Å². The molecule has 6 nitrogen and oxygen atoms in total. The summed E-state index contributed by atoms with van der Waals surface area (Å²) in [7, 11) is 3.72. The molecule has 0 bridgehead atoms. The van der Waals surface area contributed by atoms with E-state index in [0.717, 1.165) is 31.9 Å². The normalized spacial score (nSPS) is 10.9. The predicted octanol–water partition coefficient (Wildman–Crippen LogP) is 0.448. The summed E-state index contributed by atoms with van der Waals surface area (Å²) in [6.07, 6.45) is 0. The van der Waals surface area contributed by atoms with E-state index in [1.807, 2.05) is 13.1 Å². The Balaban J connectivity index is 2.25. The maximum atomic E-state index is 10.8. The second-order valence-corrected chi connectivity index (χ2v) is 4.29. The van der Waals surface area contributed by atoms with Gasteiger partial charge in [0.2, 0.25) is 0 Å². The third-order valence-corrected chi connectivity index (χ3v) is 2.68. The predicted molar refractivity (Wildman–Crippen MR) is 72.3 cm³/mol. The summed E-state index contributed by atoms with van der Waals surface area (Å²) in [6, 6.07) is 5.01. The van der Waals surface area contributed by atoms with Crippen LogP contribution in [0.4, 0.5) is 0 Å². The molecular weight excluding hydrogens is 246 g/mol. The van der Waals surface area contributed by atoms with Crippen molar-refractivity contribution in [3.63, 3.8) is 0 Å². The number of methoxy groups -OCH3 is 1. The summed E-state index contributed by atoms with van der Waals surface area (Å²) in [5, 5.41) is 12.1. The van der Waals surface area contributed by atoms with Crippen LogP contribution in [0.3, 0.4) is 0 Å². The first-order valence-electron chi connectivity index (χ1n) is 6.21. The monoisotopic (exact) mass is 267 g/mol. The van der Waals surface area contributed by atoms with Gasteiger partial charge in [-0.1, -0.05) is 6.07 Å². The highest BCUT2D eigenvalue weighted by Crippen LogP contribution is 1.99. The van der Waals surface area contributed by atoms with Crippen molar-refractivity contribution in [1.29, 1.82) is 0 Å². The molecule has 1 heterocycles. The quantitative estimate of drug-likeness (QED) is 0.633. The molecule has 1 aromatic rings. The molecule has 0 aliphatic heterocycles. The molecule has 0 fully saturated rings.